The smallest absolute Gasteiger partial charge is 0.239 e. The van der Waals surface area contributed by atoms with E-state index in [0.29, 0.717) is 6.54 Å². The highest BCUT2D eigenvalue weighted by Crippen LogP contribution is 2.15. The molecule has 1 rings (SSSR count). The number of rotatable bonds is 5. The predicted octanol–water partition coefficient (Wildman–Crippen LogP) is 1.39. The lowest BCUT2D eigenvalue weighted by atomic mass is 10.0. The number of carbonyl (C=O) groups excluding carboxylic acids is 1. The maximum atomic E-state index is 12.1. The summed E-state index contributed by atoms with van der Waals surface area (Å²) in [5, 5.41) is 0. The van der Waals surface area contributed by atoms with Gasteiger partial charge in [-0.3, -0.25) is 4.79 Å². The number of hydrogen-bond donors (Lipinski definition) is 1. The monoisotopic (exact) mass is 242 g/mol. The number of hydrogen-bond acceptors (Lipinski definition) is 3. The van der Waals surface area contributed by atoms with Gasteiger partial charge in [-0.1, -0.05) is 20.8 Å². The summed E-state index contributed by atoms with van der Waals surface area (Å²) < 4.78 is 5.72. The van der Waals surface area contributed by atoms with Crippen LogP contribution in [0.5, 0.6) is 0 Å². The molecule has 4 nitrogen and oxygen atoms in total. The molecule has 100 valence electrons. The first-order valence-corrected chi connectivity index (χ1v) is 6.72. The summed E-state index contributed by atoms with van der Waals surface area (Å²) in [5.41, 5.74) is 5.90. The first-order chi connectivity index (χ1) is 8.06. The fourth-order valence-electron chi connectivity index (χ4n) is 2.05. The van der Waals surface area contributed by atoms with Crippen LogP contribution < -0.4 is 5.73 Å². The maximum Gasteiger partial charge on any atom is 0.239 e. The summed E-state index contributed by atoms with van der Waals surface area (Å²) in [6.07, 6.45) is 3.30. The molecule has 0 bridgehead atoms. The lowest BCUT2D eigenvalue weighted by Gasteiger charge is -2.34. The molecule has 1 heterocycles. The molecular formula is C13H26N2O2. The van der Waals surface area contributed by atoms with Crippen LogP contribution in [0.15, 0.2) is 0 Å². The van der Waals surface area contributed by atoms with Gasteiger partial charge in [0.1, 0.15) is 0 Å². The molecule has 0 aliphatic carbocycles. The molecule has 0 aromatic carbocycles. The van der Waals surface area contributed by atoms with E-state index in [-0.39, 0.29) is 24.0 Å². The highest BCUT2D eigenvalue weighted by molar-refractivity contribution is 5.82. The molecule has 0 aromatic heterocycles. The lowest BCUT2D eigenvalue weighted by molar-refractivity contribution is -0.137. The van der Waals surface area contributed by atoms with Crippen LogP contribution in [0.1, 0.15) is 40.0 Å². The summed E-state index contributed by atoms with van der Waals surface area (Å²) in [6.45, 7) is 8.38. The first kappa shape index (κ1) is 14.5. The Morgan fingerprint density at radius 1 is 1.53 bits per heavy atom. The third-order valence-electron chi connectivity index (χ3n) is 3.25. The molecule has 0 saturated carbocycles. The molecule has 0 spiro atoms. The van der Waals surface area contributed by atoms with E-state index in [1.807, 2.05) is 18.7 Å². The van der Waals surface area contributed by atoms with Gasteiger partial charge in [-0.25, -0.2) is 0 Å². The minimum atomic E-state index is -0.375. The Labute approximate surface area is 104 Å². The molecule has 4 heteroatoms. The zero-order valence-electron chi connectivity index (χ0n) is 11.3. The molecule has 0 aromatic rings. The second-order valence-corrected chi connectivity index (χ2v) is 5.19. The van der Waals surface area contributed by atoms with Crippen molar-refractivity contribution in [2.24, 2.45) is 11.7 Å². The van der Waals surface area contributed by atoms with Gasteiger partial charge in [0.25, 0.3) is 0 Å². The van der Waals surface area contributed by atoms with Crippen LogP contribution in [0.2, 0.25) is 0 Å². The van der Waals surface area contributed by atoms with E-state index in [4.69, 9.17) is 10.5 Å². The second-order valence-electron chi connectivity index (χ2n) is 5.19. The van der Waals surface area contributed by atoms with Crippen LogP contribution in [0.4, 0.5) is 0 Å². The highest BCUT2D eigenvalue weighted by Gasteiger charge is 2.28. The predicted molar refractivity (Wildman–Crippen MR) is 68.7 cm³/mol. The topological polar surface area (TPSA) is 55.6 Å². The van der Waals surface area contributed by atoms with Gasteiger partial charge in [-0.2, -0.15) is 0 Å². The van der Waals surface area contributed by atoms with E-state index in [1.54, 1.807) is 0 Å². The number of nitrogens with zero attached hydrogens (tertiary/aromatic N) is 1. The van der Waals surface area contributed by atoms with E-state index in [0.717, 1.165) is 32.4 Å². The normalized spacial score (nSPS) is 22.9. The number of piperidine rings is 1. The number of nitrogens with two attached hydrogens (primary N) is 1. The Bertz CT molecular complexity index is 244. The van der Waals surface area contributed by atoms with Gasteiger partial charge in [0.2, 0.25) is 5.91 Å². The minimum Gasteiger partial charge on any atom is -0.376 e. The highest BCUT2D eigenvalue weighted by atomic mass is 16.5. The number of carbonyl (C=O) groups is 1. The lowest BCUT2D eigenvalue weighted by Crippen LogP contribution is -2.51. The van der Waals surface area contributed by atoms with E-state index in [1.165, 1.54) is 0 Å². The van der Waals surface area contributed by atoms with Gasteiger partial charge in [-0.05, 0) is 25.2 Å². The maximum absolute atomic E-state index is 12.1. The molecule has 1 fully saturated rings. The van der Waals surface area contributed by atoms with Gasteiger partial charge in [0, 0.05) is 19.7 Å². The average Bonchev–Trinajstić information content (AvgIpc) is 2.34. The molecule has 1 unspecified atom stereocenters. The second kappa shape index (κ2) is 6.97. The quantitative estimate of drug-likeness (QED) is 0.792. The van der Waals surface area contributed by atoms with Crippen molar-refractivity contribution in [2.45, 2.75) is 52.2 Å². The van der Waals surface area contributed by atoms with E-state index < -0.39 is 0 Å². The Morgan fingerprint density at radius 3 is 2.82 bits per heavy atom. The molecule has 17 heavy (non-hydrogen) atoms. The molecule has 1 amide bonds. The van der Waals surface area contributed by atoms with E-state index >= 15 is 0 Å². The minimum absolute atomic E-state index is 0.0739. The summed E-state index contributed by atoms with van der Waals surface area (Å²) >= 11 is 0. The van der Waals surface area contributed by atoms with Crippen LogP contribution in [0.3, 0.4) is 0 Å². The van der Waals surface area contributed by atoms with Crippen molar-refractivity contribution in [3.63, 3.8) is 0 Å². The largest absolute Gasteiger partial charge is 0.376 e. The molecule has 1 saturated heterocycles. The van der Waals surface area contributed by atoms with Crippen molar-refractivity contribution in [2.75, 3.05) is 19.7 Å². The van der Waals surface area contributed by atoms with Gasteiger partial charge >= 0.3 is 0 Å². The van der Waals surface area contributed by atoms with Crippen molar-refractivity contribution in [3.05, 3.63) is 0 Å². The van der Waals surface area contributed by atoms with Crippen molar-refractivity contribution in [1.82, 2.24) is 4.90 Å². The third-order valence-corrected chi connectivity index (χ3v) is 3.25. The van der Waals surface area contributed by atoms with Crippen LogP contribution >= 0.6 is 0 Å². The SMILES string of the molecule is CCCOC1CCCN(C(=O)[C@H](N)C(C)C)C1. The van der Waals surface area contributed by atoms with Crippen molar-refractivity contribution < 1.29 is 9.53 Å². The Morgan fingerprint density at radius 2 is 2.24 bits per heavy atom. The summed E-state index contributed by atoms with van der Waals surface area (Å²) in [5.74, 6) is 0.268. The fourth-order valence-corrected chi connectivity index (χ4v) is 2.05. The zero-order chi connectivity index (χ0) is 12.8. The number of likely N-dealkylation sites (tertiary alicyclic amines) is 1. The molecule has 1 aliphatic heterocycles. The summed E-state index contributed by atoms with van der Waals surface area (Å²) in [7, 11) is 0. The van der Waals surface area contributed by atoms with Gasteiger partial charge in [0.15, 0.2) is 0 Å². The van der Waals surface area contributed by atoms with Crippen LogP contribution in [0.25, 0.3) is 0 Å². The Hall–Kier alpha value is -0.610. The summed E-state index contributed by atoms with van der Waals surface area (Å²) in [4.78, 5) is 14.0. The molecular weight excluding hydrogens is 216 g/mol. The average molecular weight is 242 g/mol. The van der Waals surface area contributed by atoms with Crippen LogP contribution in [-0.2, 0) is 9.53 Å². The van der Waals surface area contributed by atoms with Crippen molar-refractivity contribution in [1.29, 1.82) is 0 Å². The van der Waals surface area contributed by atoms with Crippen LogP contribution in [-0.4, -0.2) is 42.6 Å². The Kier molecular flexibility index (Phi) is 5.92. The fraction of sp³-hybridized carbons (Fsp3) is 0.923. The van der Waals surface area contributed by atoms with Gasteiger partial charge < -0.3 is 15.4 Å². The van der Waals surface area contributed by atoms with E-state index in [2.05, 4.69) is 6.92 Å². The van der Waals surface area contributed by atoms with E-state index in [9.17, 15) is 4.79 Å². The Balaban J connectivity index is 2.45. The molecule has 0 radical (unpaired) electrons. The summed E-state index contributed by atoms with van der Waals surface area (Å²) in [6, 6.07) is -0.375. The first-order valence-electron chi connectivity index (χ1n) is 6.72. The van der Waals surface area contributed by atoms with Crippen molar-refractivity contribution in [3.8, 4) is 0 Å². The van der Waals surface area contributed by atoms with Crippen molar-refractivity contribution >= 4 is 5.91 Å². The molecule has 2 N–H and O–H groups in total. The third kappa shape index (κ3) is 4.28. The van der Waals surface area contributed by atoms with Gasteiger partial charge in [-0.15, -0.1) is 0 Å². The zero-order valence-corrected chi connectivity index (χ0v) is 11.3. The standard InChI is InChI=1S/C13H26N2O2/c1-4-8-17-11-6-5-7-15(9-11)13(16)12(14)10(2)3/h10-12H,4-9,14H2,1-3H3/t11?,12-/m1/s1. The van der Waals surface area contributed by atoms with Gasteiger partial charge in [0.05, 0.1) is 12.1 Å². The molecule has 1 aliphatic rings. The number of amides is 1. The van der Waals surface area contributed by atoms with Crippen LogP contribution in [0, 0.1) is 5.92 Å². The molecule has 2 atom stereocenters. The number of ether oxygens (including phenoxy) is 1.